The van der Waals surface area contributed by atoms with Crippen molar-refractivity contribution >= 4 is 17.7 Å². The maximum absolute atomic E-state index is 12.3. The molecule has 0 bridgehead atoms. The first-order valence-electron chi connectivity index (χ1n) is 7.35. The highest BCUT2D eigenvalue weighted by atomic mass is 32.2. The Morgan fingerprint density at radius 2 is 2.00 bits per heavy atom. The molecule has 3 nitrogen and oxygen atoms in total. The number of hydrogen-bond acceptors (Lipinski definition) is 3. The minimum Gasteiger partial charge on any atom is -0.342 e. The summed E-state index contributed by atoms with van der Waals surface area (Å²) in [6.07, 6.45) is 6.74. The Balaban J connectivity index is 1.76. The van der Waals surface area contributed by atoms with Gasteiger partial charge in [0.25, 0.3) is 0 Å². The lowest BCUT2D eigenvalue weighted by atomic mass is 9.93. The van der Waals surface area contributed by atoms with E-state index in [9.17, 15) is 4.79 Å². The molecule has 4 heteroatoms. The predicted octanol–water partition coefficient (Wildman–Crippen LogP) is 2.11. The maximum Gasteiger partial charge on any atom is 0.222 e. The number of likely N-dealkylation sites (tertiary alicyclic amines) is 1. The van der Waals surface area contributed by atoms with Gasteiger partial charge in [0, 0.05) is 19.5 Å². The predicted molar refractivity (Wildman–Crippen MR) is 77.6 cm³/mol. The molecule has 0 aromatic rings. The van der Waals surface area contributed by atoms with E-state index in [1.807, 2.05) is 11.8 Å². The Bertz CT molecular complexity index is 265. The van der Waals surface area contributed by atoms with Crippen molar-refractivity contribution in [2.24, 2.45) is 17.6 Å². The SMILES string of the molecule is NCCC1CCCN(C(=O)CC2CCSCC2)C1. The highest BCUT2D eigenvalue weighted by molar-refractivity contribution is 7.99. The lowest BCUT2D eigenvalue weighted by Gasteiger charge is -2.34. The third kappa shape index (κ3) is 4.16. The zero-order chi connectivity index (χ0) is 12.8. The van der Waals surface area contributed by atoms with Gasteiger partial charge in [-0.3, -0.25) is 4.79 Å². The zero-order valence-electron chi connectivity index (χ0n) is 11.3. The van der Waals surface area contributed by atoms with Gasteiger partial charge in [-0.1, -0.05) is 0 Å². The van der Waals surface area contributed by atoms with Gasteiger partial charge < -0.3 is 10.6 Å². The van der Waals surface area contributed by atoms with Crippen molar-refractivity contribution in [2.75, 3.05) is 31.1 Å². The molecule has 18 heavy (non-hydrogen) atoms. The van der Waals surface area contributed by atoms with E-state index in [4.69, 9.17) is 5.73 Å². The standard InChI is InChI=1S/C14H26N2OS/c15-6-3-13-2-1-7-16(11-13)14(17)10-12-4-8-18-9-5-12/h12-13H,1-11,15H2. The van der Waals surface area contributed by atoms with E-state index < -0.39 is 0 Å². The van der Waals surface area contributed by atoms with E-state index in [0.29, 0.717) is 17.7 Å². The molecular formula is C14H26N2OS. The molecule has 2 fully saturated rings. The second-order valence-electron chi connectivity index (χ2n) is 5.69. The monoisotopic (exact) mass is 270 g/mol. The molecule has 0 spiro atoms. The van der Waals surface area contributed by atoms with Crippen molar-refractivity contribution in [3.05, 3.63) is 0 Å². The van der Waals surface area contributed by atoms with Crippen LogP contribution in [-0.2, 0) is 4.79 Å². The van der Waals surface area contributed by atoms with Gasteiger partial charge in [0.05, 0.1) is 0 Å². The van der Waals surface area contributed by atoms with Gasteiger partial charge in [-0.15, -0.1) is 0 Å². The van der Waals surface area contributed by atoms with Gasteiger partial charge in [-0.05, 0) is 62.0 Å². The van der Waals surface area contributed by atoms with Crippen molar-refractivity contribution in [1.82, 2.24) is 4.90 Å². The number of hydrogen-bond donors (Lipinski definition) is 1. The fourth-order valence-corrected chi connectivity index (χ4v) is 4.29. The minimum atomic E-state index is 0.397. The van der Waals surface area contributed by atoms with Crippen LogP contribution in [0.4, 0.5) is 0 Å². The summed E-state index contributed by atoms with van der Waals surface area (Å²) >= 11 is 2.03. The summed E-state index contributed by atoms with van der Waals surface area (Å²) in [4.78, 5) is 14.4. The zero-order valence-corrected chi connectivity index (χ0v) is 12.1. The van der Waals surface area contributed by atoms with Crippen LogP contribution in [0.5, 0.6) is 0 Å². The Labute approximate surface area is 115 Å². The molecule has 0 saturated carbocycles. The lowest BCUT2D eigenvalue weighted by molar-refractivity contribution is -0.134. The molecule has 1 unspecified atom stereocenters. The molecule has 2 heterocycles. The molecular weight excluding hydrogens is 244 g/mol. The van der Waals surface area contributed by atoms with Gasteiger partial charge in [0.15, 0.2) is 0 Å². The highest BCUT2D eigenvalue weighted by Crippen LogP contribution is 2.27. The topological polar surface area (TPSA) is 46.3 Å². The number of piperidine rings is 1. The van der Waals surface area contributed by atoms with Gasteiger partial charge in [-0.25, -0.2) is 0 Å². The Hall–Kier alpha value is -0.220. The largest absolute Gasteiger partial charge is 0.342 e. The quantitative estimate of drug-likeness (QED) is 0.851. The van der Waals surface area contributed by atoms with Crippen LogP contribution in [0, 0.1) is 11.8 Å². The summed E-state index contributed by atoms with van der Waals surface area (Å²) in [6.45, 7) is 2.69. The molecule has 2 saturated heterocycles. The molecule has 0 aromatic carbocycles. The summed E-state index contributed by atoms with van der Waals surface area (Å²) in [6, 6.07) is 0. The molecule has 1 amide bonds. The van der Waals surface area contributed by atoms with Crippen LogP contribution in [0.3, 0.4) is 0 Å². The first-order chi connectivity index (χ1) is 8.79. The van der Waals surface area contributed by atoms with Crippen LogP contribution in [-0.4, -0.2) is 41.9 Å². The van der Waals surface area contributed by atoms with Crippen LogP contribution in [0.25, 0.3) is 0 Å². The Kier molecular flexibility index (Phi) is 5.83. The van der Waals surface area contributed by atoms with Crippen molar-refractivity contribution in [1.29, 1.82) is 0 Å². The van der Waals surface area contributed by atoms with E-state index in [1.165, 1.54) is 30.8 Å². The number of nitrogens with zero attached hydrogens (tertiary/aromatic N) is 1. The van der Waals surface area contributed by atoms with Crippen LogP contribution < -0.4 is 5.73 Å². The van der Waals surface area contributed by atoms with Crippen molar-refractivity contribution in [2.45, 2.75) is 38.5 Å². The molecule has 2 rings (SSSR count). The molecule has 2 N–H and O–H groups in total. The Morgan fingerprint density at radius 1 is 1.22 bits per heavy atom. The average molecular weight is 270 g/mol. The lowest BCUT2D eigenvalue weighted by Crippen LogP contribution is -2.41. The van der Waals surface area contributed by atoms with Crippen LogP contribution >= 0.6 is 11.8 Å². The summed E-state index contributed by atoms with van der Waals surface area (Å²) in [5, 5.41) is 0. The van der Waals surface area contributed by atoms with Crippen molar-refractivity contribution < 1.29 is 4.79 Å². The molecule has 0 aromatic heterocycles. The van der Waals surface area contributed by atoms with Gasteiger partial charge in [0.2, 0.25) is 5.91 Å². The molecule has 1 atom stereocenters. The number of carbonyl (C=O) groups is 1. The summed E-state index contributed by atoms with van der Waals surface area (Å²) in [7, 11) is 0. The minimum absolute atomic E-state index is 0.397. The number of carbonyl (C=O) groups excluding carboxylic acids is 1. The summed E-state index contributed by atoms with van der Waals surface area (Å²) < 4.78 is 0. The normalized spacial score (nSPS) is 26.3. The first kappa shape index (κ1) is 14.2. The molecule has 0 aliphatic carbocycles. The van der Waals surface area contributed by atoms with E-state index in [1.54, 1.807) is 0 Å². The van der Waals surface area contributed by atoms with E-state index in [-0.39, 0.29) is 0 Å². The molecule has 2 aliphatic heterocycles. The van der Waals surface area contributed by atoms with E-state index >= 15 is 0 Å². The number of nitrogens with two attached hydrogens (primary N) is 1. The smallest absolute Gasteiger partial charge is 0.222 e. The van der Waals surface area contributed by atoms with Crippen LogP contribution in [0.15, 0.2) is 0 Å². The molecule has 104 valence electrons. The molecule has 0 radical (unpaired) electrons. The second-order valence-corrected chi connectivity index (χ2v) is 6.91. The number of thioether (sulfide) groups is 1. The third-order valence-electron chi connectivity index (χ3n) is 4.25. The van der Waals surface area contributed by atoms with Crippen molar-refractivity contribution in [3.63, 3.8) is 0 Å². The number of rotatable bonds is 4. The van der Waals surface area contributed by atoms with Gasteiger partial charge >= 0.3 is 0 Å². The summed E-state index contributed by atoms with van der Waals surface area (Å²) in [5.41, 5.74) is 5.62. The number of amides is 1. The Morgan fingerprint density at radius 3 is 2.72 bits per heavy atom. The second kappa shape index (κ2) is 7.39. The fraction of sp³-hybridized carbons (Fsp3) is 0.929. The van der Waals surface area contributed by atoms with Gasteiger partial charge in [-0.2, -0.15) is 11.8 Å². The van der Waals surface area contributed by atoms with Crippen molar-refractivity contribution in [3.8, 4) is 0 Å². The van der Waals surface area contributed by atoms with Crippen LogP contribution in [0.1, 0.15) is 38.5 Å². The van der Waals surface area contributed by atoms with Crippen LogP contribution in [0.2, 0.25) is 0 Å². The van der Waals surface area contributed by atoms with Gasteiger partial charge in [0.1, 0.15) is 0 Å². The summed E-state index contributed by atoms with van der Waals surface area (Å²) in [5.74, 6) is 4.18. The molecule has 2 aliphatic rings. The highest BCUT2D eigenvalue weighted by Gasteiger charge is 2.25. The van der Waals surface area contributed by atoms with E-state index in [2.05, 4.69) is 4.90 Å². The third-order valence-corrected chi connectivity index (χ3v) is 5.30. The first-order valence-corrected chi connectivity index (χ1v) is 8.50. The fourth-order valence-electron chi connectivity index (χ4n) is 3.09. The maximum atomic E-state index is 12.3. The average Bonchev–Trinajstić information content (AvgIpc) is 2.40. The van der Waals surface area contributed by atoms with E-state index in [0.717, 1.165) is 38.9 Å².